The molecular weight excluding hydrogens is 488 g/mol. The Kier molecular flexibility index (Phi) is 6.51. The van der Waals surface area contributed by atoms with Crippen LogP contribution in [0.25, 0.3) is 22.3 Å². The highest BCUT2D eigenvalue weighted by Crippen LogP contribution is 2.38. The van der Waals surface area contributed by atoms with Crippen molar-refractivity contribution in [2.45, 2.75) is 30.9 Å². The average molecular weight is 508 g/mol. The highest BCUT2D eigenvalue weighted by atomic mass is 16.8. The number of benzene rings is 2. The van der Waals surface area contributed by atoms with E-state index in [1.54, 1.807) is 0 Å². The van der Waals surface area contributed by atoms with Crippen molar-refractivity contribution in [3.8, 4) is 40.1 Å². The number of fused-ring (bicyclic) bond motifs is 1. The third-order valence-electron chi connectivity index (χ3n) is 5.36. The van der Waals surface area contributed by atoms with Crippen LogP contribution >= 0.6 is 0 Å². The van der Waals surface area contributed by atoms with Crippen molar-refractivity contribution in [1.82, 2.24) is 0 Å². The van der Waals surface area contributed by atoms with Crippen LogP contribution in [0.2, 0.25) is 0 Å². The third kappa shape index (κ3) is 4.40. The number of rotatable bonds is 5. The summed E-state index contributed by atoms with van der Waals surface area (Å²) in [6.07, 6.45) is -11.3. The Bertz CT molecular complexity index is 1370. The third-order valence-corrected chi connectivity index (χ3v) is 5.36. The minimum atomic E-state index is -1.93. The van der Waals surface area contributed by atoms with E-state index in [-0.39, 0.29) is 34.2 Å². The number of ether oxygens (including phenoxy) is 4. The fourth-order valence-electron chi connectivity index (χ4n) is 3.61. The number of phenolic OH excluding ortho intramolecular Hbond substituents is 2. The monoisotopic (exact) mass is 508 g/mol. The van der Waals surface area contributed by atoms with Crippen molar-refractivity contribution < 1.29 is 63.9 Å². The van der Waals surface area contributed by atoms with E-state index in [9.17, 15) is 40.2 Å². The van der Waals surface area contributed by atoms with E-state index < -0.39 is 59.4 Å². The summed E-state index contributed by atoms with van der Waals surface area (Å²) in [5.74, 6) is -2.37. The van der Waals surface area contributed by atoms with E-state index in [1.807, 2.05) is 0 Å². The Morgan fingerprint density at radius 1 is 0.944 bits per heavy atom. The summed E-state index contributed by atoms with van der Waals surface area (Å²) in [6.45, 7) is 0. The van der Waals surface area contributed by atoms with Gasteiger partial charge in [0.25, 0.3) is 0 Å². The van der Waals surface area contributed by atoms with E-state index in [1.165, 1.54) is 25.3 Å². The molecule has 5 atom stereocenters. The molecule has 14 heteroatoms. The van der Waals surface area contributed by atoms with Crippen molar-refractivity contribution in [2.75, 3.05) is 7.11 Å². The minimum absolute atomic E-state index is 0.0902. The summed E-state index contributed by atoms with van der Waals surface area (Å²) in [6, 6.07) is 5.93. The SMILES string of the molecule is COc1ccc(-c2oc3cc(OC4OC(OC(=O)O)C(O)C(O)C4O)cc(O)c3c(=O)c2O)cc1O. The van der Waals surface area contributed by atoms with E-state index in [4.69, 9.17) is 23.7 Å². The highest BCUT2D eigenvalue weighted by molar-refractivity contribution is 5.88. The first-order valence-corrected chi connectivity index (χ1v) is 10.2. The molecule has 3 aromatic rings. The average Bonchev–Trinajstić information content (AvgIpc) is 2.82. The molecular formula is C22H20O14. The lowest BCUT2D eigenvalue weighted by atomic mass is 10.0. The van der Waals surface area contributed by atoms with Gasteiger partial charge in [-0.1, -0.05) is 0 Å². The lowest BCUT2D eigenvalue weighted by molar-refractivity contribution is -0.321. The molecule has 4 rings (SSSR count). The molecule has 2 aromatic carbocycles. The maximum atomic E-state index is 12.7. The topological polar surface area (TPSA) is 226 Å². The molecule has 192 valence electrons. The minimum Gasteiger partial charge on any atom is -0.507 e. The first kappa shape index (κ1) is 24.9. The Morgan fingerprint density at radius 2 is 1.64 bits per heavy atom. The maximum Gasteiger partial charge on any atom is 0.508 e. The zero-order valence-electron chi connectivity index (χ0n) is 18.3. The summed E-state index contributed by atoms with van der Waals surface area (Å²) < 4.78 is 25.4. The lowest BCUT2D eigenvalue weighted by Crippen LogP contribution is -2.60. The van der Waals surface area contributed by atoms with Crippen LogP contribution in [0.4, 0.5) is 4.79 Å². The van der Waals surface area contributed by atoms with Crippen LogP contribution in [-0.2, 0) is 9.47 Å². The molecule has 14 nitrogen and oxygen atoms in total. The number of aliphatic hydroxyl groups excluding tert-OH is 3. The Labute approximate surface area is 200 Å². The van der Waals surface area contributed by atoms with E-state index in [2.05, 4.69) is 4.74 Å². The second kappa shape index (κ2) is 9.43. The van der Waals surface area contributed by atoms with Gasteiger partial charge in [-0.15, -0.1) is 0 Å². The van der Waals surface area contributed by atoms with Crippen molar-refractivity contribution in [3.63, 3.8) is 0 Å². The molecule has 7 N–H and O–H groups in total. The van der Waals surface area contributed by atoms with Gasteiger partial charge in [0.05, 0.1) is 7.11 Å². The summed E-state index contributed by atoms with van der Waals surface area (Å²) in [5, 5.41) is 69.2. The first-order valence-electron chi connectivity index (χ1n) is 10.2. The van der Waals surface area contributed by atoms with Gasteiger partial charge in [0, 0.05) is 17.7 Å². The summed E-state index contributed by atoms with van der Waals surface area (Å²) in [7, 11) is 1.33. The van der Waals surface area contributed by atoms with E-state index >= 15 is 0 Å². The molecule has 1 saturated heterocycles. The van der Waals surface area contributed by atoms with Gasteiger partial charge in [-0.2, -0.15) is 0 Å². The molecule has 0 bridgehead atoms. The number of phenols is 2. The Morgan fingerprint density at radius 3 is 2.28 bits per heavy atom. The van der Waals surface area contributed by atoms with E-state index in [0.29, 0.717) is 0 Å². The predicted octanol–water partition coefficient (Wildman–Crippen LogP) is 0.424. The number of hydrogen-bond acceptors (Lipinski definition) is 13. The molecule has 1 aromatic heterocycles. The van der Waals surface area contributed by atoms with Crippen LogP contribution < -0.4 is 14.9 Å². The zero-order valence-corrected chi connectivity index (χ0v) is 18.3. The highest BCUT2D eigenvalue weighted by Gasteiger charge is 2.47. The Balaban J connectivity index is 1.73. The number of aromatic hydroxyl groups is 3. The van der Waals surface area contributed by atoms with Gasteiger partial charge in [-0.25, -0.2) is 4.79 Å². The van der Waals surface area contributed by atoms with Gasteiger partial charge >= 0.3 is 6.16 Å². The van der Waals surface area contributed by atoms with Gasteiger partial charge in [-0.05, 0) is 18.2 Å². The van der Waals surface area contributed by atoms with Crippen LogP contribution in [-0.4, -0.2) is 79.9 Å². The normalized spacial score (nSPS) is 23.8. The van der Waals surface area contributed by atoms with Crippen LogP contribution in [0.1, 0.15) is 0 Å². The molecule has 5 unspecified atom stereocenters. The maximum absolute atomic E-state index is 12.7. The zero-order chi connectivity index (χ0) is 26.3. The van der Waals surface area contributed by atoms with Gasteiger partial charge < -0.3 is 54.4 Å². The fraction of sp³-hybridized carbons (Fsp3) is 0.273. The van der Waals surface area contributed by atoms with Crippen molar-refractivity contribution in [2.24, 2.45) is 0 Å². The number of carbonyl (C=O) groups is 1. The van der Waals surface area contributed by atoms with Crippen molar-refractivity contribution >= 4 is 17.1 Å². The molecule has 1 aliphatic rings. The van der Waals surface area contributed by atoms with Crippen molar-refractivity contribution in [1.29, 1.82) is 0 Å². The van der Waals surface area contributed by atoms with Crippen LogP contribution in [0, 0.1) is 0 Å². The predicted molar refractivity (Wildman–Crippen MR) is 116 cm³/mol. The van der Waals surface area contributed by atoms with Gasteiger partial charge in [0.15, 0.2) is 17.3 Å². The second-order valence-corrected chi connectivity index (χ2v) is 7.66. The molecule has 0 spiro atoms. The molecule has 1 aliphatic heterocycles. The first-order chi connectivity index (χ1) is 17.0. The molecule has 0 radical (unpaired) electrons. The Hall–Kier alpha value is -4.24. The van der Waals surface area contributed by atoms with Gasteiger partial charge in [0.1, 0.15) is 40.8 Å². The second-order valence-electron chi connectivity index (χ2n) is 7.66. The number of aliphatic hydroxyl groups is 3. The smallest absolute Gasteiger partial charge is 0.507 e. The quantitative estimate of drug-likeness (QED) is 0.232. The van der Waals surface area contributed by atoms with Crippen LogP contribution in [0.15, 0.2) is 39.5 Å². The van der Waals surface area contributed by atoms with Crippen LogP contribution in [0.5, 0.6) is 28.7 Å². The number of methoxy groups -OCH3 is 1. The fourth-order valence-corrected chi connectivity index (χ4v) is 3.61. The van der Waals surface area contributed by atoms with Crippen molar-refractivity contribution in [3.05, 3.63) is 40.6 Å². The molecule has 2 heterocycles. The van der Waals surface area contributed by atoms with E-state index in [0.717, 1.165) is 12.1 Å². The summed E-state index contributed by atoms with van der Waals surface area (Å²) in [5.41, 5.74) is -1.21. The lowest BCUT2D eigenvalue weighted by Gasteiger charge is -2.38. The summed E-state index contributed by atoms with van der Waals surface area (Å²) >= 11 is 0. The molecule has 36 heavy (non-hydrogen) atoms. The summed E-state index contributed by atoms with van der Waals surface area (Å²) in [4.78, 5) is 23.5. The number of hydrogen-bond donors (Lipinski definition) is 7. The van der Waals surface area contributed by atoms with Gasteiger partial charge in [0.2, 0.25) is 23.8 Å². The molecule has 0 amide bonds. The van der Waals surface area contributed by atoms with Crippen LogP contribution in [0.3, 0.4) is 0 Å². The van der Waals surface area contributed by atoms with Gasteiger partial charge in [-0.3, -0.25) is 9.53 Å². The standard InChI is InChI=1S/C22H20O14/c1-32-11-3-2-7(4-9(11)23)19-16(27)14(25)13-10(24)5-8(6-12(13)34-19)33-20-17(28)15(26)18(29)21(35-20)36-22(30)31/h2-6,15,17-18,20-21,23-24,26-29H,1H3,(H,30,31). The molecule has 0 saturated carbocycles. The largest absolute Gasteiger partial charge is 0.508 e. The molecule has 1 fully saturated rings. The number of carboxylic acid groups (broad SMARTS) is 1. The molecule has 0 aliphatic carbocycles.